The fourth-order valence-electron chi connectivity index (χ4n) is 1.55. The zero-order valence-corrected chi connectivity index (χ0v) is 11.3. The number of amides is 1. The fraction of sp³-hybridized carbons (Fsp3) is 0.417. The Morgan fingerprint density at radius 2 is 2.28 bits per heavy atom. The van der Waals surface area contributed by atoms with E-state index in [0.29, 0.717) is 23.5 Å². The van der Waals surface area contributed by atoms with Crippen LogP contribution in [0.5, 0.6) is 0 Å². The van der Waals surface area contributed by atoms with Gasteiger partial charge < -0.3 is 16.0 Å². The van der Waals surface area contributed by atoms with Gasteiger partial charge in [-0.3, -0.25) is 9.59 Å². The number of aromatic amines is 1. The van der Waals surface area contributed by atoms with E-state index in [2.05, 4.69) is 10.3 Å². The topological polar surface area (TPSA) is 88.0 Å². The molecule has 0 fully saturated rings. The zero-order chi connectivity index (χ0) is 13.7. The third kappa shape index (κ3) is 3.96. The Kier molecular flexibility index (Phi) is 5.03. The first kappa shape index (κ1) is 14.4. The Balaban J connectivity index is 2.81. The quantitative estimate of drug-likeness (QED) is 0.691. The molecule has 0 saturated carbocycles. The zero-order valence-electron chi connectivity index (χ0n) is 10.4. The maximum Gasteiger partial charge on any atom is 0.256 e. The van der Waals surface area contributed by atoms with Crippen molar-refractivity contribution in [2.75, 3.05) is 0 Å². The average molecular weight is 267 g/mol. The molecule has 1 amide bonds. The van der Waals surface area contributed by atoms with Crippen LogP contribution < -0.4 is 16.5 Å². The summed E-state index contributed by atoms with van der Waals surface area (Å²) in [7, 11) is 0. The second-order valence-electron chi connectivity index (χ2n) is 4.14. The van der Waals surface area contributed by atoms with Crippen LogP contribution in [0.4, 0.5) is 0 Å². The van der Waals surface area contributed by atoms with E-state index in [9.17, 15) is 9.59 Å². The minimum atomic E-state index is -0.403. The summed E-state index contributed by atoms with van der Waals surface area (Å²) in [4.78, 5) is 26.7. The maximum absolute atomic E-state index is 11.9. The van der Waals surface area contributed by atoms with E-state index in [1.807, 2.05) is 6.92 Å². The van der Waals surface area contributed by atoms with Crippen molar-refractivity contribution >= 4 is 23.1 Å². The molecule has 4 N–H and O–H groups in total. The number of H-pyrrole nitrogens is 1. The lowest BCUT2D eigenvalue weighted by Gasteiger charge is -2.15. The van der Waals surface area contributed by atoms with Gasteiger partial charge in [0.15, 0.2) is 5.43 Å². The molecule has 0 aromatic carbocycles. The van der Waals surface area contributed by atoms with Gasteiger partial charge >= 0.3 is 0 Å². The summed E-state index contributed by atoms with van der Waals surface area (Å²) < 4.78 is 0. The predicted molar refractivity (Wildman–Crippen MR) is 74.7 cm³/mol. The van der Waals surface area contributed by atoms with E-state index in [0.717, 1.165) is 0 Å². The van der Waals surface area contributed by atoms with Gasteiger partial charge in [0, 0.05) is 30.4 Å². The molecule has 0 spiro atoms. The fourth-order valence-corrected chi connectivity index (χ4v) is 1.76. The number of nitrogens with two attached hydrogens (primary N) is 1. The number of rotatable bonds is 5. The Morgan fingerprint density at radius 1 is 1.61 bits per heavy atom. The monoisotopic (exact) mass is 267 g/mol. The number of carbonyl (C=O) groups is 1. The molecule has 0 aliphatic carbocycles. The summed E-state index contributed by atoms with van der Waals surface area (Å²) in [5.41, 5.74) is 5.96. The Hall–Kier alpha value is -1.69. The van der Waals surface area contributed by atoms with Crippen LogP contribution in [-0.4, -0.2) is 21.9 Å². The molecule has 1 atom stereocenters. The van der Waals surface area contributed by atoms with E-state index in [-0.39, 0.29) is 17.0 Å². The van der Waals surface area contributed by atoms with Crippen molar-refractivity contribution in [3.05, 3.63) is 33.7 Å². The summed E-state index contributed by atoms with van der Waals surface area (Å²) in [6.07, 6.45) is 2.55. The molecular formula is C12H17N3O2S. The van der Waals surface area contributed by atoms with Crippen LogP contribution in [0.2, 0.25) is 0 Å². The molecule has 0 radical (unpaired) electrons. The number of thiocarbonyl (C=S) groups is 1. The van der Waals surface area contributed by atoms with Gasteiger partial charge in [-0.15, -0.1) is 0 Å². The van der Waals surface area contributed by atoms with Crippen molar-refractivity contribution in [1.29, 1.82) is 0 Å². The van der Waals surface area contributed by atoms with Crippen molar-refractivity contribution in [2.24, 2.45) is 5.73 Å². The Labute approximate surface area is 111 Å². The van der Waals surface area contributed by atoms with Gasteiger partial charge in [0.25, 0.3) is 5.91 Å². The molecule has 1 heterocycles. The number of carbonyl (C=O) groups excluding carboxylic acids is 1. The highest BCUT2D eigenvalue weighted by molar-refractivity contribution is 7.80. The molecule has 1 unspecified atom stereocenters. The SMILES string of the molecule is CCC(CC(N)=S)NC(=O)c1c[nH]c(C)cc1=O. The molecule has 1 rings (SSSR count). The lowest BCUT2D eigenvalue weighted by atomic mass is 10.1. The van der Waals surface area contributed by atoms with Crippen molar-refractivity contribution in [3.8, 4) is 0 Å². The Morgan fingerprint density at radius 3 is 2.78 bits per heavy atom. The molecule has 0 bridgehead atoms. The van der Waals surface area contributed by atoms with Crippen LogP contribution >= 0.6 is 12.2 Å². The number of hydrogen-bond donors (Lipinski definition) is 3. The molecule has 0 saturated heterocycles. The third-order valence-electron chi connectivity index (χ3n) is 2.58. The molecule has 6 heteroatoms. The van der Waals surface area contributed by atoms with Gasteiger partial charge in [0.2, 0.25) is 0 Å². The highest BCUT2D eigenvalue weighted by atomic mass is 32.1. The summed E-state index contributed by atoms with van der Waals surface area (Å²) >= 11 is 4.81. The van der Waals surface area contributed by atoms with E-state index < -0.39 is 5.91 Å². The molecule has 5 nitrogen and oxygen atoms in total. The first-order chi connectivity index (χ1) is 8.43. The minimum absolute atomic E-state index is 0.0991. The van der Waals surface area contributed by atoms with E-state index in [1.165, 1.54) is 12.3 Å². The minimum Gasteiger partial charge on any atom is -0.393 e. The number of aryl methyl sites for hydroxylation is 1. The largest absolute Gasteiger partial charge is 0.393 e. The number of aromatic nitrogens is 1. The molecule has 0 aliphatic rings. The van der Waals surface area contributed by atoms with Crippen LogP contribution in [0.3, 0.4) is 0 Å². The number of nitrogens with one attached hydrogen (secondary N) is 2. The van der Waals surface area contributed by atoms with Gasteiger partial charge in [-0.1, -0.05) is 19.1 Å². The summed E-state index contributed by atoms with van der Waals surface area (Å²) in [5, 5.41) is 2.75. The second kappa shape index (κ2) is 6.30. The smallest absolute Gasteiger partial charge is 0.256 e. The van der Waals surface area contributed by atoms with Crippen LogP contribution in [0, 0.1) is 6.92 Å². The summed E-state index contributed by atoms with van der Waals surface area (Å²) in [6, 6.07) is 1.25. The normalized spacial score (nSPS) is 11.9. The first-order valence-electron chi connectivity index (χ1n) is 5.72. The van der Waals surface area contributed by atoms with E-state index in [4.69, 9.17) is 18.0 Å². The lowest BCUT2D eigenvalue weighted by Crippen LogP contribution is -2.39. The molecular weight excluding hydrogens is 250 g/mol. The first-order valence-corrected chi connectivity index (χ1v) is 6.13. The van der Waals surface area contributed by atoms with E-state index >= 15 is 0 Å². The van der Waals surface area contributed by atoms with Gasteiger partial charge in [0.1, 0.15) is 5.56 Å². The van der Waals surface area contributed by atoms with Crippen LogP contribution in [0.1, 0.15) is 35.8 Å². The molecule has 1 aromatic heterocycles. The van der Waals surface area contributed by atoms with Crippen molar-refractivity contribution in [2.45, 2.75) is 32.7 Å². The van der Waals surface area contributed by atoms with Gasteiger partial charge in [0.05, 0.1) is 4.99 Å². The van der Waals surface area contributed by atoms with Crippen LogP contribution in [-0.2, 0) is 0 Å². The highest BCUT2D eigenvalue weighted by Gasteiger charge is 2.15. The third-order valence-corrected chi connectivity index (χ3v) is 2.74. The van der Waals surface area contributed by atoms with Gasteiger partial charge in [-0.25, -0.2) is 0 Å². The molecule has 98 valence electrons. The van der Waals surface area contributed by atoms with Crippen molar-refractivity contribution in [1.82, 2.24) is 10.3 Å². The predicted octanol–water partition coefficient (Wildman–Crippen LogP) is 0.868. The van der Waals surface area contributed by atoms with Crippen LogP contribution in [0.25, 0.3) is 0 Å². The summed E-state index contributed by atoms with van der Waals surface area (Å²) in [5.74, 6) is -0.403. The van der Waals surface area contributed by atoms with Gasteiger partial charge in [-0.2, -0.15) is 0 Å². The highest BCUT2D eigenvalue weighted by Crippen LogP contribution is 2.00. The van der Waals surface area contributed by atoms with E-state index in [1.54, 1.807) is 6.92 Å². The average Bonchev–Trinajstić information content (AvgIpc) is 2.27. The number of pyridine rings is 1. The molecule has 0 aliphatic heterocycles. The number of hydrogen-bond acceptors (Lipinski definition) is 3. The summed E-state index contributed by atoms with van der Waals surface area (Å²) in [6.45, 7) is 3.67. The van der Waals surface area contributed by atoms with Crippen LogP contribution in [0.15, 0.2) is 17.1 Å². The standard InChI is InChI=1S/C12H17N3O2S/c1-3-8(5-11(13)18)15-12(17)9-6-14-7(2)4-10(9)16/h4,6,8H,3,5H2,1-2H3,(H2,13,18)(H,14,16)(H,15,17). The maximum atomic E-state index is 11.9. The molecule has 18 heavy (non-hydrogen) atoms. The molecule has 1 aromatic rings. The lowest BCUT2D eigenvalue weighted by molar-refractivity contribution is 0.0936. The van der Waals surface area contributed by atoms with Crippen molar-refractivity contribution in [3.63, 3.8) is 0 Å². The van der Waals surface area contributed by atoms with Gasteiger partial charge in [-0.05, 0) is 13.3 Å². The second-order valence-corrected chi connectivity index (χ2v) is 4.67. The Bertz CT molecular complexity index is 510. The van der Waals surface area contributed by atoms with Crippen molar-refractivity contribution < 1.29 is 4.79 Å².